The van der Waals surface area contributed by atoms with E-state index in [9.17, 15) is 19.2 Å². The lowest BCUT2D eigenvalue weighted by Crippen LogP contribution is -2.08. The molecule has 36 heavy (non-hydrogen) atoms. The molecule has 0 amide bonds. The number of carbonyl (C=O) groups is 4. The molecule has 2 aromatic rings. The summed E-state index contributed by atoms with van der Waals surface area (Å²) in [4.78, 5) is 45.9. The fourth-order valence-electron chi connectivity index (χ4n) is 2.92. The zero-order valence-corrected chi connectivity index (χ0v) is 20.2. The highest BCUT2D eigenvalue weighted by Gasteiger charge is 2.09. The second-order valence-corrected chi connectivity index (χ2v) is 7.78. The van der Waals surface area contributed by atoms with Gasteiger partial charge in [-0.25, -0.2) is 14.4 Å². The van der Waals surface area contributed by atoms with Crippen LogP contribution in [0.4, 0.5) is 0 Å². The first-order chi connectivity index (χ1) is 17.4. The fourth-order valence-corrected chi connectivity index (χ4v) is 2.92. The Hall–Kier alpha value is -4.20. The van der Waals surface area contributed by atoms with Crippen molar-refractivity contribution >= 4 is 29.8 Å². The van der Waals surface area contributed by atoms with Crippen LogP contribution < -0.4 is 9.47 Å². The number of unbranched alkanes of at least 4 members (excludes halogenated alkanes) is 2. The Labute approximate surface area is 210 Å². The van der Waals surface area contributed by atoms with Crippen molar-refractivity contribution in [1.29, 1.82) is 0 Å². The molecule has 0 bridgehead atoms. The van der Waals surface area contributed by atoms with E-state index in [1.54, 1.807) is 54.6 Å². The minimum atomic E-state index is -1.19. The van der Waals surface area contributed by atoms with Crippen LogP contribution in [0, 0.1) is 0 Å². The number of hydrogen-bond donors (Lipinski definition) is 1. The predicted molar refractivity (Wildman–Crippen MR) is 134 cm³/mol. The molecule has 0 aromatic heterocycles. The molecule has 0 saturated carbocycles. The van der Waals surface area contributed by atoms with Gasteiger partial charge in [0.25, 0.3) is 0 Å². The number of aliphatic carboxylic acids is 1. The molecule has 0 spiro atoms. The summed E-state index contributed by atoms with van der Waals surface area (Å²) in [6.07, 6.45) is 8.15. The van der Waals surface area contributed by atoms with Crippen LogP contribution in [0.15, 0.2) is 66.8 Å². The summed E-state index contributed by atoms with van der Waals surface area (Å²) in [5, 5.41) is 8.46. The zero-order chi connectivity index (χ0) is 26.2. The van der Waals surface area contributed by atoms with E-state index in [2.05, 4.69) is 6.92 Å². The van der Waals surface area contributed by atoms with Crippen molar-refractivity contribution in [2.24, 2.45) is 0 Å². The minimum Gasteiger partial charge on any atom is -0.494 e. The molecule has 0 unspecified atom stereocenters. The number of esters is 2. The van der Waals surface area contributed by atoms with Crippen LogP contribution in [0.3, 0.4) is 0 Å². The molecule has 0 radical (unpaired) electrons. The predicted octanol–water partition coefficient (Wildman–Crippen LogP) is 5.02. The maximum absolute atomic E-state index is 12.4. The highest BCUT2D eigenvalue weighted by Crippen LogP contribution is 2.17. The van der Waals surface area contributed by atoms with E-state index in [0.29, 0.717) is 29.2 Å². The normalized spacial score (nSPS) is 10.9. The Bertz CT molecular complexity index is 1070. The quantitative estimate of drug-likeness (QED) is 0.159. The SMILES string of the molecule is CCCCCOc1ccc(C(=O)Oc2ccc(C=CC(=O)OCCCC(=O)/C=C\C(=O)O)cc2)cc1. The maximum atomic E-state index is 12.4. The van der Waals surface area contributed by atoms with E-state index >= 15 is 0 Å². The third-order valence-corrected chi connectivity index (χ3v) is 4.83. The average Bonchev–Trinajstić information content (AvgIpc) is 2.88. The van der Waals surface area contributed by atoms with E-state index in [0.717, 1.165) is 31.4 Å². The molecule has 0 atom stereocenters. The summed E-state index contributed by atoms with van der Waals surface area (Å²) >= 11 is 0. The van der Waals surface area contributed by atoms with E-state index in [-0.39, 0.29) is 25.2 Å². The number of allylic oxidation sites excluding steroid dienone is 1. The lowest BCUT2D eigenvalue weighted by atomic mass is 10.2. The molecule has 2 aromatic carbocycles. The lowest BCUT2D eigenvalue weighted by Gasteiger charge is -2.07. The summed E-state index contributed by atoms with van der Waals surface area (Å²) in [6.45, 7) is 2.81. The fraction of sp³-hybridized carbons (Fsp3) is 0.286. The molecule has 0 fully saturated rings. The van der Waals surface area contributed by atoms with Gasteiger partial charge in [0.2, 0.25) is 0 Å². The summed E-state index contributed by atoms with van der Waals surface area (Å²) in [5.74, 6) is -1.54. The minimum absolute atomic E-state index is 0.0384. The van der Waals surface area contributed by atoms with Crippen LogP contribution in [0.25, 0.3) is 6.08 Å². The van der Waals surface area contributed by atoms with E-state index in [4.69, 9.17) is 19.3 Å². The van der Waals surface area contributed by atoms with Crippen molar-refractivity contribution < 1.29 is 38.5 Å². The first kappa shape index (κ1) is 28.0. The van der Waals surface area contributed by atoms with Gasteiger partial charge in [-0.15, -0.1) is 0 Å². The van der Waals surface area contributed by atoms with Crippen molar-refractivity contribution in [3.63, 3.8) is 0 Å². The van der Waals surface area contributed by atoms with Gasteiger partial charge in [-0.2, -0.15) is 0 Å². The number of ether oxygens (including phenoxy) is 3. The molecule has 190 valence electrons. The third-order valence-electron chi connectivity index (χ3n) is 4.83. The van der Waals surface area contributed by atoms with Crippen molar-refractivity contribution in [2.75, 3.05) is 13.2 Å². The first-order valence-corrected chi connectivity index (χ1v) is 11.7. The van der Waals surface area contributed by atoms with Gasteiger partial charge in [-0.05, 0) is 67.0 Å². The van der Waals surface area contributed by atoms with Crippen molar-refractivity contribution in [2.45, 2.75) is 39.0 Å². The molecule has 8 nitrogen and oxygen atoms in total. The Morgan fingerprint density at radius 1 is 0.806 bits per heavy atom. The topological polar surface area (TPSA) is 116 Å². The molecule has 0 aliphatic rings. The zero-order valence-electron chi connectivity index (χ0n) is 20.2. The number of carboxylic acids is 1. The van der Waals surface area contributed by atoms with E-state index in [1.165, 1.54) is 6.08 Å². The van der Waals surface area contributed by atoms with Gasteiger partial charge < -0.3 is 19.3 Å². The number of carbonyl (C=O) groups excluding carboxylic acids is 3. The number of ketones is 1. The number of benzene rings is 2. The van der Waals surface area contributed by atoms with Crippen LogP contribution in [0.2, 0.25) is 0 Å². The van der Waals surface area contributed by atoms with Crippen LogP contribution in [0.5, 0.6) is 11.5 Å². The summed E-state index contributed by atoms with van der Waals surface area (Å²) in [7, 11) is 0. The number of hydrogen-bond acceptors (Lipinski definition) is 7. The summed E-state index contributed by atoms with van der Waals surface area (Å²) in [6, 6.07) is 13.4. The largest absolute Gasteiger partial charge is 0.494 e. The molecule has 8 heteroatoms. The van der Waals surface area contributed by atoms with Crippen LogP contribution in [-0.4, -0.2) is 42.0 Å². The number of rotatable bonds is 15. The van der Waals surface area contributed by atoms with Gasteiger partial charge in [0.15, 0.2) is 5.78 Å². The smallest absolute Gasteiger partial charge is 0.343 e. The number of carboxylic acid groups (broad SMARTS) is 1. The first-order valence-electron chi connectivity index (χ1n) is 11.7. The summed E-state index contributed by atoms with van der Waals surface area (Å²) < 4.78 is 16.0. The maximum Gasteiger partial charge on any atom is 0.343 e. The molecule has 0 saturated heterocycles. The summed E-state index contributed by atoms with van der Waals surface area (Å²) in [5.41, 5.74) is 1.10. The third kappa shape index (κ3) is 11.3. The van der Waals surface area contributed by atoms with Gasteiger partial charge in [-0.1, -0.05) is 31.9 Å². The van der Waals surface area contributed by atoms with E-state index in [1.807, 2.05) is 0 Å². The second kappa shape index (κ2) is 15.7. The molecular weight excluding hydrogens is 464 g/mol. The van der Waals surface area contributed by atoms with Crippen LogP contribution in [0.1, 0.15) is 54.9 Å². The Balaban J connectivity index is 1.74. The monoisotopic (exact) mass is 494 g/mol. The standard InChI is InChI=1S/C28H30O8/c1-2-3-4-19-34-24-15-10-22(11-16-24)28(33)36-25-13-7-21(8-14-25)9-18-27(32)35-20-5-6-23(29)12-17-26(30)31/h7-18H,2-6,19-20H2,1H3,(H,30,31)/b17-12-,18-9?. The highest BCUT2D eigenvalue weighted by atomic mass is 16.5. The van der Waals surface area contributed by atoms with Crippen LogP contribution in [-0.2, 0) is 19.1 Å². The van der Waals surface area contributed by atoms with Gasteiger partial charge in [0.1, 0.15) is 11.5 Å². The molecule has 0 aliphatic carbocycles. The molecule has 1 N–H and O–H groups in total. The lowest BCUT2D eigenvalue weighted by molar-refractivity contribution is -0.138. The Morgan fingerprint density at radius 3 is 2.17 bits per heavy atom. The van der Waals surface area contributed by atoms with Crippen molar-refractivity contribution in [3.05, 3.63) is 77.9 Å². The Morgan fingerprint density at radius 2 is 1.50 bits per heavy atom. The average molecular weight is 495 g/mol. The van der Waals surface area contributed by atoms with Gasteiger partial charge in [-0.3, -0.25) is 4.79 Å². The highest BCUT2D eigenvalue weighted by molar-refractivity contribution is 5.95. The van der Waals surface area contributed by atoms with Crippen molar-refractivity contribution in [1.82, 2.24) is 0 Å². The van der Waals surface area contributed by atoms with Crippen LogP contribution >= 0.6 is 0 Å². The van der Waals surface area contributed by atoms with E-state index < -0.39 is 17.9 Å². The van der Waals surface area contributed by atoms with Crippen molar-refractivity contribution in [3.8, 4) is 11.5 Å². The van der Waals surface area contributed by atoms with Gasteiger partial charge >= 0.3 is 17.9 Å². The second-order valence-electron chi connectivity index (χ2n) is 7.78. The van der Waals surface area contributed by atoms with Gasteiger partial charge in [0.05, 0.1) is 18.8 Å². The Kier molecular flexibility index (Phi) is 12.2. The molecule has 0 heterocycles. The molecular formula is C28H30O8. The molecule has 0 aliphatic heterocycles. The molecule has 2 rings (SSSR count). The van der Waals surface area contributed by atoms with Gasteiger partial charge in [0, 0.05) is 18.6 Å².